The first-order valence-corrected chi connectivity index (χ1v) is 6.66. The first-order chi connectivity index (χ1) is 9.60. The Bertz CT molecular complexity index is 566. The largest absolute Gasteiger partial charge is 0.497 e. The summed E-state index contributed by atoms with van der Waals surface area (Å²) in [7, 11) is 1.53. The molecule has 1 heterocycles. The highest BCUT2D eigenvalue weighted by atomic mass is 19.1. The highest BCUT2D eigenvalue weighted by Crippen LogP contribution is 2.17. The number of nitrogens with one attached hydrogen (secondary N) is 1. The monoisotopic (exact) mass is 277 g/mol. The number of aromatic nitrogens is 2. The van der Waals surface area contributed by atoms with Crippen molar-refractivity contribution in [3.05, 3.63) is 47.8 Å². The summed E-state index contributed by atoms with van der Waals surface area (Å²) in [6.45, 7) is 5.29. The number of ether oxygens (including phenoxy) is 1. The van der Waals surface area contributed by atoms with E-state index in [-0.39, 0.29) is 5.82 Å². The summed E-state index contributed by atoms with van der Waals surface area (Å²) in [6, 6.07) is 5.30. The van der Waals surface area contributed by atoms with E-state index >= 15 is 0 Å². The zero-order valence-electron chi connectivity index (χ0n) is 12.1. The number of nitrogens with zero attached hydrogens (tertiary/aromatic N) is 2. The molecule has 0 fully saturated rings. The molecule has 108 valence electrons. The molecule has 4 nitrogen and oxygen atoms in total. The predicted octanol–water partition coefficient (Wildman–Crippen LogP) is 2.58. The lowest BCUT2D eigenvalue weighted by Crippen LogP contribution is -2.24. The van der Waals surface area contributed by atoms with Crippen LogP contribution in [0.5, 0.6) is 5.75 Å². The molecule has 1 aromatic heterocycles. The zero-order valence-corrected chi connectivity index (χ0v) is 12.1. The molecule has 0 aliphatic carbocycles. The number of imidazole rings is 1. The highest BCUT2D eigenvalue weighted by molar-refractivity contribution is 5.29. The zero-order chi connectivity index (χ0) is 14.5. The van der Waals surface area contributed by atoms with Crippen molar-refractivity contribution in [3.8, 4) is 5.75 Å². The van der Waals surface area contributed by atoms with Gasteiger partial charge in [-0.2, -0.15) is 0 Å². The Hall–Kier alpha value is -1.88. The second kappa shape index (κ2) is 6.52. The van der Waals surface area contributed by atoms with Crippen LogP contribution in [0.2, 0.25) is 0 Å². The molecule has 2 aromatic rings. The normalized spacial score (nSPS) is 11.1. The number of methoxy groups -OCH3 is 1. The van der Waals surface area contributed by atoms with Gasteiger partial charge in [-0.3, -0.25) is 0 Å². The van der Waals surface area contributed by atoms with Crippen molar-refractivity contribution in [2.45, 2.75) is 33.0 Å². The molecule has 0 radical (unpaired) electrons. The van der Waals surface area contributed by atoms with Crippen LogP contribution in [0.4, 0.5) is 4.39 Å². The highest BCUT2D eigenvalue weighted by Gasteiger charge is 2.08. The van der Waals surface area contributed by atoms with E-state index in [2.05, 4.69) is 24.1 Å². The molecule has 2 rings (SSSR count). The first-order valence-electron chi connectivity index (χ1n) is 6.66. The van der Waals surface area contributed by atoms with E-state index < -0.39 is 0 Å². The Morgan fingerprint density at radius 3 is 2.85 bits per heavy atom. The fraction of sp³-hybridized carbons (Fsp3) is 0.400. The molecule has 0 aliphatic heterocycles. The molecular weight excluding hydrogens is 257 g/mol. The summed E-state index contributed by atoms with van der Waals surface area (Å²) in [5.74, 6) is 1.16. The lowest BCUT2D eigenvalue weighted by molar-refractivity contribution is 0.410. The van der Waals surface area contributed by atoms with Crippen LogP contribution in [0.25, 0.3) is 0 Å². The van der Waals surface area contributed by atoms with Crippen LogP contribution in [-0.2, 0) is 13.1 Å². The predicted molar refractivity (Wildman–Crippen MR) is 76.3 cm³/mol. The van der Waals surface area contributed by atoms with Crippen molar-refractivity contribution in [1.29, 1.82) is 0 Å². The number of halogens is 1. The maximum absolute atomic E-state index is 13.9. The van der Waals surface area contributed by atoms with E-state index in [1.165, 1.54) is 13.2 Å². The Morgan fingerprint density at radius 1 is 1.40 bits per heavy atom. The molecule has 0 saturated carbocycles. The van der Waals surface area contributed by atoms with Crippen LogP contribution >= 0.6 is 0 Å². The molecule has 1 N–H and O–H groups in total. The van der Waals surface area contributed by atoms with Gasteiger partial charge in [0.2, 0.25) is 0 Å². The van der Waals surface area contributed by atoms with Crippen LogP contribution < -0.4 is 10.1 Å². The molecule has 1 aromatic carbocycles. The molecular formula is C15H20FN3O. The lowest BCUT2D eigenvalue weighted by atomic mass is 10.2. The van der Waals surface area contributed by atoms with Crippen molar-refractivity contribution in [3.63, 3.8) is 0 Å². The Balaban J connectivity index is 2.12. The van der Waals surface area contributed by atoms with E-state index in [4.69, 9.17) is 4.74 Å². The van der Waals surface area contributed by atoms with Crippen molar-refractivity contribution < 1.29 is 9.13 Å². The first kappa shape index (κ1) is 14.5. The SMILES string of the molecule is COc1ccc(Cn2ccnc2CNC(C)C)c(F)c1. The fourth-order valence-corrected chi connectivity index (χ4v) is 1.91. The third-order valence-electron chi connectivity index (χ3n) is 3.07. The van der Waals surface area contributed by atoms with Crippen molar-refractivity contribution in [1.82, 2.24) is 14.9 Å². The number of hydrogen-bond acceptors (Lipinski definition) is 3. The van der Waals surface area contributed by atoms with E-state index in [0.29, 0.717) is 30.4 Å². The summed E-state index contributed by atoms with van der Waals surface area (Å²) in [5.41, 5.74) is 0.620. The molecule has 5 heteroatoms. The average Bonchev–Trinajstić information content (AvgIpc) is 2.86. The number of rotatable bonds is 6. The average molecular weight is 277 g/mol. The van der Waals surface area contributed by atoms with Gasteiger partial charge in [0, 0.05) is 30.1 Å². The minimum atomic E-state index is -0.263. The summed E-state index contributed by atoms with van der Waals surface area (Å²) in [6.07, 6.45) is 3.60. The van der Waals surface area contributed by atoms with E-state index in [1.54, 1.807) is 18.3 Å². The standard InChI is InChI=1S/C15H20FN3O/c1-11(2)18-9-15-17-6-7-19(15)10-12-4-5-13(20-3)8-14(12)16/h4-8,11,18H,9-10H2,1-3H3. The van der Waals surface area contributed by atoms with Crippen LogP contribution in [0.1, 0.15) is 25.2 Å². The van der Waals surface area contributed by atoms with Gasteiger partial charge in [-0.1, -0.05) is 19.9 Å². The van der Waals surface area contributed by atoms with Gasteiger partial charge in [-0.05, 0) is 6.07 Å². The summed E-state index contributed by atoms with van der Waals surface area (Å²) < 4.78 is 20.9. The van der Waals surface area contributed by atoms with Crippen molar-refractivity contribution in [2.24, 2.45) is 0 Å². The van der Waals surface area contributed by atoms with Crippen molar-refractivity contribution in [2.75, 3.05) is 7.11 Å². The topological polar surface area (TPSA) is 39.1 Å². The lowest BCUT2D eigenvalue weighted by Gasteiger charge is -2.12. The van der Waals surface area contributed by atoms with Gasteiger partial charge in [0.1, 0.15) is 17.4 Å². The molecule has 0 amide bonds. The smallest absolute Gasteiger partial charge is 0.131 e. The van der Waals surface area contributed by atoms with Gasteiger partial charge in [-0.25, -0.2) is 9.37 Å². The molecule has 0 aliphatic rings. The summed E-state index contributed by atoms with van der Waals surface area (Å²) in [4.78, 5) is 4.30. The second-order valence-electron chi connectivity index (χ2n) is 4.96. The fourth-order valence-electron chi connectivity index (χ4n) is 1.91. The minimum absolute atomic E-state index is 0.263. The van der Waals surface area contributed by atoms with Crippen molar-refractivity contribution >= 4 is 0 Å². The van der Waals surface area contributed by atoms with Gasteiger partial charge in [0.25, 0.3) is 0 Å². The molecule has 0 bridgehead atoms. The van der Waals surface area contributed by atoms with Gasteiger partial charge >= 0.3 is 0 Å². The van der Waals surface area contributed by atoms with Crippen LogP contribution in [0.3, 0.4) is 0 Å². The summed E-state index contributed by atoms with van der Waals surface area (Å²) >= 11 is 0. The molecule has 0 unspecified atom stereocenters. The molecule has 0 saturated heterocycles. The summed E-state index contributed by atoms with van der Waals surface area (Å²) in [5, 5.41) is 3.31. The maximum Gasteiger partial charge on any atom is 0.131 e. The Morgan fingerprint density at radius 2 is 2.20 bits per heavy atom. The van der Waals surface area contributed by atoms with E-state index in [0.717, 1.165) is 5.82 Å². The van der Waals surface area contributed by atoms with Gasteiger partial charge < -0.3 is 14.6 Å². The van der Waals surface area contributed by atoms with Crippen LogP contribution in [0.15, 0.2) is 30.6 Å². The van der Waals surface area contributed by atoms with E-state index in [9.17, 15) is 4.39 Å². The van der Waals surface area contributed by atoms with Gasteiger partial charge in [-0.15, -0.1) is 0 Å². The van der Waals surface area contributed by atoms with Crippen LogP contribution in [0, 0.1) is 5.82 Å². The number of benzene rings is 1. The third kappa shape index (κ3) is 3.57. The molecule has 0 atom stereocenters. The Kier molecular flexibility index (Phi) is 4.74. The minimum Gasteiger partial charge on any atom is -0.497 e. The number of hydrogen-bond donors (Lipinski definition) is 1. The quantitative estimate of drug-likeness (QED) is 0.882. The van der Waals surface area contributed by atoms with Gasteiger partial charge in [0.05, 0.1) is 20.2 Å². The van der Waals surface area contributed by atoms with E-state index in [1.807, 2.05) is 10.8 Å². The second-order valence-corrected chi connectivity index (χ2v) is 4.96. The third-order valence-corrected chi connectivity index (χ3v) is 3.07. The Labute approximate surface area is 118 Å². The molecule has 0 spiro atoms. The maximum atomic E-state index is 13.9. The van der Waals surface area contributed by atoms with Gasteiger partial charge in [0.15, 0.2) is 0 Å². The molecule has 20 heavy (non-hydrogen) atoms. The van der Waals surface area contributed by atoms with Crippen LogP contribution in [-0.4, -0.2) is 22.7 Å².